The average molecular weight is 362 g/mol. The van der Waals surface area contributed by atoms with Crippen LogP contribution >= 0.6 is 15.9 Å². The number of nitrogens with zero attached hydrogens (tertiary/aromatic N) is 1. The van der Waals surface area contributed by atoms with E-state index in [0.29, 0.717) is 23.3 Å². The number of aromatic nitrogens is 1. The molecule has 0 aliphatic heterocycles. The van der Waals surface area contributed by atoms with Crippen LogP contribution in [0.25, 0.3) is 10.9 Å². The highest BCUT2D eigenvalue weighted by molar-refractivity contribution is 9.10. The lowest BCUT2D eigenvalue weighted by molar-refractivity contribution is 0.0902. The Balaban J connectivity index is 2.14. The monoisotopic (exact) mass is 361 g/mol. The Morgan fingerprint density at radius 1 is 1.25 bits per heavy atom. The minimum Gasteiger partial charge on any atom is -0.361 e. The van der Waals surface area contributed by atoms with E-state index in [1.54, 1.807) is 16.8 Å². The summed E-state index contributed by atoms with van der Waals surface area (Å²) in [6, 6.07) is 3.79. The van der Waals surface area contributed by atoms with Crippen LogP contribution in [-0.2, 0) is 11.5 Å². The SMILES string of the molecule is C[Si](C)(C)CCOCn1cc(Br)c2c(F)c(F)ccc21. The molecule has 2 nitrogen and oxygen atoms in total. The molecular formula is C14H18BrF2NOSi. The van der Waals surface area contributed by atoms with E-state index < -0.39 is 19.7 Å². The van der Waals surface area contributed by atoms with Crippen LogP contribution in [0.5, 0.6) is 0 Å². The minimum atomic E-state index is -1.11. The van der Waals surface area contributed by atoms with E-state index in [1.165, 1.54) is 0 Å². The number of halogens is 3. The molecule has 0 atom stereocenters. The predicted octanol–water partition coefficient (Wildman–Crippen LogP) is 4.99. The summed E-state index contributed by atoms with van der Waals surface area (Å²) in [4.78, 5) is 0. The summed E-state index contributed by atoms with van der Waals surface area (Å²) in [6.07, 6.45) is 1.72. The quantitative estimate of drug-likeness (QED) is 0.540. The van der Waals surface area contributed by atoms with Gasteiger partial charge in [0, 0.05) is 25.4 Å². The maximum atomic E-state index is 13.8. The molecule has 0 unspecified atom stereocenters. The van der Waals surface area contributed by atoms with Crippen molar-refractivity contribution in [2.75, 3.05) is 6.61 Å². The molecule has 0 aliphatic rings. The highest BCUT2D eigenvalue weighted by Crippen LogP contribution is 2.30. The fourth-order valence-electron chi connectivity index (χ4n) is 1.93. The largest absolute Gasteiger partial charge is 0.361 e. The summed E-state index contributed by atoms with van der Waals surface area (Å²) in [6.45, 7) is 7.90. The molecule has 2 aromatic rings. The normalized spacial score (nSPS) is 12.3. The molecule has 1 aromatic heterocycles. The smallest absolute Gasteiger partial charge is 0.169 e. The molecular weight excluding hydrogens is 344 g/mol. The maximum Gasteiger partial charge on any atom is 0.169 e. The highest BCUT2D eigenvalue weighted by atomic mass is 79.9. The van der Waals surface area contributed by atoms with Crippen molar-refractivity contribution in [2.24, 2.45) is 0 Å². The zero-order valence-electron chi connectivity index (χ0n) is 11.8. The first-order chi connectivity index (χ1) is 9.29. The van der Waals surface area contributed by atoms with Gasteiger partial charge in [0.2, 0.25) is 0 Å². The van der Waals surface area contributed by atoms with Crippen molar-refractivity contribution >= 4 is 34.9 Å². The third-order valence-corrected chi connectivity index (χ3v) is 5.42. The fraction of sp³-hybridized carbons (Fsp3) is 0.429. The molecule has 0 saturated heterocycles. The Hall–Kier alpha value is -0.723. The molecule has 0 N–H and O–H groups in total. The molecule has 1 heterocycles. The molecule has 0 spiro atoms. The maximum absolute atomic E-state index is 13.8. The Labute approximate surface area is 126 Å². The predicted molar refractivity (Wildman–Crippen MR) is 83.7 cm³/mol. The van der Waals surface area contributed by atoms with Gasteiger partial charge in [-0.15, -0.1) is 0 Å². The van der Waals surface area contributed by atoms with E-state index in [0.717, 1.165) is 12.1 Å². The summed E-state index contributed by atoms with van der Waals surface area (Å²) in [5.41, 5.74) is 0.628. The fourth-order valence-corrected chi connectivity index (χ4v) is 3.31. The van der Waals surface area contributed by atoms with E-state index in [9.17, 15) is 8.78 Å². The summed E-state index contributed by atoms with van der Waals surface area (Å²) < 4.78 is 35.0. The van der Waals surface area contributed by atoms with Gasteiger partial charge in [-0.25, -0.2) is 8.78 Å². The van der Waals surface area contributed by atoms with Gasteiger partial charge in [0.25, 0.3) is 0 Å². The molecule has 0 radical (unpaired) electrons. The van der Waals surface area contributed by atoms with Gasteiger partial charge in [0.15, 0.2) is 11.6 Å². The molecule has 2 rings (SSSR count). The van der Waals surface area contributed by atoms with Gasteiger partial charge < -0.3 is 9.30 Å². The Bertz CT molecular complexity index is 622. The van der Waals surface area contributed by atoms with Crippen molar-refractivity contribution in [3.05, 3.63) is 34.4 Å². The van der Waals surface area contributed by atoms with Crippen molar-refractivity contribution in [3.8, 4) is 0 Å². The van der Waals surface area contributed by atoms with E-state index in [4.69, 9.17) is 4.74 Å². The van der Waals surface area contributed by atoms with Crippen molar-refractivity contribution in [1.29, 1.82) is 0 Å². The second-order valence-electron chi connectivity index (χ2n) is 6.05. The first-order valence-electron chi connectivity index (χ1n) is 6.50. The molecule has 20 heavy (non-hydrogen) atoms. The zero-order chi connectivity index (χ0) is 14.9. The van der Waals surface area contributed by atoms with Crippen molar-refractivity contribution in [1.82, 2.24) is 4.57 Å². The van der Waals surface area contributed by atoms with Gasteiger partial charge >= 0.3 is 0 Å². The highest BCUT2D eigenvalue weighted by Gasteiger charge is 2.15. The van der Waals surface area contributed by atoms with Gasteiger partial charge in [-0.05, 0) is 34.1 Å². The Morgan fingerprint density at radius 3 is 2.60 bits per heavy atom. The van der Waals surface area contributed by atoms with Crippen molar-refractivity contribution < 1.29 is 13.5 Å². The summed E-state index contributed by atoms with van der Waals surface area (Å²) in [5.74, 6) is -1.66. The van der Waals surface area contributed by atoms with E-state index in [1.807, 2.05) is 0 Å². The van der Waals surface area contributed by atoms with Crippen LogP contribution in [0.3, 0.4) is 0 Å². The second-order valence-corrected chi connectivity index (χ2v) is 12.5. The van der Waals surface area contributed by atoms with Crippen LogP contribution in [0, 0.1) is 11.6 Å². The number of fused-ring (bicyclic) bond motifs is 1. The standard InChI is InChI=1S/C14H18BrF2NOSi/c1-20(2,3)7-6-19-9-18-8-10(15)13-12(18)5-4-11(16)14(13)17/h4-5,8H,6-7,9H2,1-3H3. The number of benzene rings is 1. The molecule has 0 aliphatic carbocycles. The van der Waals surface area contributed by atoms with Crippen molar-refractivity contribution in [2.45, 2.75) is 32.4 Å². The number of rotatable bonds is 5. The van der Waals surface area contributed by atoms with E-state index in [2.05, 4.69) is 35.6 Å². The Kier molecular flexibility index (Phi) is 4.66. The second kappa shape index (κ2) is 5.95. The minimum absolute atomic E-state index is 0.263. The van der Waals surface area contributed by atoms with Crippen molar-refractivity contribution in [3.63, 3.8) is 0 Å². The van der Waals surface area contributed by atoms with Crippen LogP contribution in [0.1, 0.15) is 0 Å². The average Bonchev–Trinajstić information content (AvgIpc) is 2.66. The van der Waals surface area contributed by atoms with Gasteiger partial charge in [-0.2, -0.15) is 0 Å². The lowest BCUT2D eigenvalue weighted by Crippen LogP contribution is -2.21. The lowest BCUT2D eigenvalue weighted by Gasteiger charge is -2.15. The number of hydrogen-bond acceptors (Lipinski definition) is 1. The van der Waals surface area contributed by atoms with Gasteiger partial charge in [0.1, 0.15) is 6.73 Å². The molecule has 0 amide bonds. The third-order valence-electron chi connectivity index (χ3n) is 3.12. The van der Waals surface area contributed by atoms with E-state index in [-0.39, 0.29) is 5.39 Å². The van der Waals surface area contributed by atoms with Gasteiger partial charge in [0.05, 0.1) is 10.9 Å². The van der Waals surface area contributed by atoms with Crippen LogP contribution in [0.15, 0.2) is 22.8 Å². The summed E-state index contributed by atoms with van der Waals surface area (Å²) >= 11 is 3.27. The first kappa shape index (κ1) is 15.7. The van der Waals surface area contributed by atoms with Crippen LogP contribution in [0.4, 0.5) is 8.78 Å². The Morgan fingerprint density at radius 2 is 1.95 bits per heavy atom. The van der Waals surface area contributed by atoms with E-state index >= 15 is 0 Å². The van der Waals surface area contributed by atoms with Gasteiger partial charge in [-0.3, -0.25) is 0 Å². The molecule has 0 bridgehead atoms. The van der Waals surface area contributed by atoms with Crippen LogP contribution < -0.4 is 0 Å². The number of hydrogen-bond donors (Lipinski definition) is 0. The summed E-state index contributed by atoms with van der Waals surface area (Å²) in [5, 5.41) is 0.263. The topological polar surface area (TPSA) is 14.2 Å². The molecule has 6 heteroatoms. The van der Waals surface area contributed by atoms with Crippen LogP contribution in [-0.4, -0.2) is 19.2 Å². The summed E-state index contributed by atoms with van der Waals surface area (Å²) in [7, 11) is -1.11. The van der Waals surface area contributed by atoms with Gasteiger partial charge in [-0.1, -0.05) is 19.6 Å². The number of ether oxygens (including phenoxy) is 1. The molecule has 110 valence electrons. The van der Waals surface area contributed by atoms with Crippen LogP contribution in [0.2, 0.25) is 25.7 Å². The molecule has 1 aromatic carbocycles. The molecule has 0 fully saturated rings. The molecule has 0 saturated carbocycles. The zero-order valence-corrected chi connectivity index (χ0v) is 14.4. The first-order valence-corrected chi connectivity index (χ1v) is 11.0. The third kappa shape index (κ3) is 3.48. The lowest BCUT2D eigenvalue weighted by atomic mass is 10.2.